The van der Waals surface area contributed by atoms with Gasteiger partial charge in [-0.3, -0.25) is 4.79 Å². The highest BCUT2D eigenvalue weighted by atomic mass is 16.5. The first-order valence-electron chi connectivity index (χ1n) is 10.7. The van der Waals surface area contributed by atoms with Crippen molar-refractivity contribution in [3.63, 3.8) is 0 Å². The van der Waals surface area contributed by atoms with Gasteiger partial charge in [0.1, 0.15) is 17.2 Å². The van der Waals surface area contributed by atoms with Gasteiger partial charge in [0.25, 0.3) is 5.91 Å². The number of rotatable bonds is 2. The SMILES string of the molecule is Cc1ncc(C(=O)N2CCC3(CC2)OCCc2cnc(C)nc23)c(-c2ccccc2)n1. The highest BCUT2D eigenvalue weighted by Gasteiger charge is 2.43. The zero-order valence-electron chi connectivity index (χ0n) is 17.8. The van der Waals surface area contributed by atoms with E-state index >= 15 is 0 Å². The van der Waals surface area contributed by atoms with Crippen LogP contribution in [-0.4, -0.2) is 50.4 Å². The zero-order valence-corrected chi connectivity index (χ0v) is 17.8. The molecule has 1 spiro atoms. The van der Waals surface area contributed by atoms with Crippen LogP contribution in [-0.2, 0) is 16.8 Å². The van der Waals surface area contributed by atoms with E-state index in [2.05, 4.69) is 15.0 Å². The Morgan fingerprint density at radius 3 is 2.48 bits per heavy atom. The Hall–Kier alpha value is -3.19. The van der Waals surface area contributed by atoms with Crippen LogP contribution in [0.3, 0.4) is 0 Å². The Morgan fingerprint density at radius 1 is 1.00 bits per heavy atom. The van der Waals surface area contributed by atoms with Gasteiger partial charge >= 0.3 is 0 Å². The molecule has 3 aromatic rings. The Labute approximate surface area is 181 Å². The van der Waals surface area contributed by atoms with Gasteiger partial charge in [0.2, 0.25) is 0 Å². The monoisotopic (exact) mass is 415 g/mol. The van der Waals surface area contributed by atoms with Crippen molar-refractivity contribution in [2.24, 2.45) is 0 Å². The number of hydrogen-bond donors (Lipinski definition) is 0. The number of ether oxygens (including phenoxy) is 1. The molecule has 5 rings (SSSR count). The lowest BCUT2D eigenvalue weighted by atomic mass is 9.83. The minimum atomic E-state index is -0.426. The molecule has 0 radical (unpaired) electrons. The van der Waals surface area contributed by atoms with Crippen LogP contribution >= 0.6 is 0 Å². The average molecular weight is 415 g/mol. The molecule has 0 N–H and O–H groups in total. The van der Waals surface area contributed by atoms with E-state index < -0.39 is 5.60 Å². The van der Waals surface area contributed by atoms with E-state index in [1.807, 2.05) is 55.3 Å². The van der Waals surface area contributed by atoms with Crippen LogP contribution in [0.2, 0.25) is 0 Å². The molecule has 1 fully saturated rings. The van der Waals surface area contributed by atoms with Gasteiger partial charge in [0.05, 0.1) is 23.6 Å². The molecule has 31 heavy (non-hydrogen) atoms. The number of piperidine rings is 1. The maximum Gasteiger partial charge on any atom is 0.257 e. The number of carbonyl (C=O) groups is 1. The smallest absolute Gasteiger partial charge is 0.257 e. The van der Waals surface area contributed by atoms with Gasteiger partial charge in [-0.15, -0.1) is 0 Å². The molecule has 1 aromatic carbocycles. The van der Waals surface area contributed by atoms with Crippen molar-refractivity contribution >= 4 is 5.91 Å². The topological polar surface area (TPSA) is 81.1 Å². The molecule has 0 atom stereocenters. The molecule has 0 bridgehead atoms. The molecule has 7 nitrogen and oxygen atoms in total. The fraction of sp³-hybridized carbons (Fsp3) is 0.375. The number of aromatic nitrogens is 4. The summed E-state index contributed by atoms with van der Waals surface area (Å²) in [6, 6.07) is 9.80. The number of fused-ring (bicyclic) bond motifs is 2. The predicted molar refractivity (Wildman–Crippen MR) is 115 cm³/mol. The number of aryl methyl sites for hydroxylation is 2. The number of amides is 1. The minimum absolute atomic E-state index is 0.0383. The van der Waals surface area contributed by atoms with E-state index in [1.165, 1.54) is 0 Å². The van der Waals surface area contributed by atoms with Crippen molar-refractivity contribution in [3.8, 4) is 11.3 Å². The van der Waals surface area contributed by atoms with Crippen molar-refractivity contribution in [1.29, 1.82) is 0 Å². The van der Waals surface area contributed by atoms with Crippen LogP contribution in [0.15, 0.2) is 42.7 Å². The van der Waals surface area contributed by atoms with Gasteiger partial charge in [-0.05, 0) is 38.7 Å². The maximum absolute atomic E-state index is 13.5. The molecule has 0 aliphatic carbocycles. The van der Waals surface area contributed by atoms with Gasteiger partial charge in [0.15, 0.2) is 0 Å². The summed E-state index contributed by atoms with van der Waals surface area (Å²) in [6.07, 6.45) is 5.85. The molecule has 1 saturated heterocycles. The van der Waals surface area contributed by atoms with Crippen molar-refractivity contribution in [2.75, 3.05) is 19.7 Å². The maximum atomic E-state index is 13.5. The molecule has 2 aliphatic heterocycles. The minimum Gasteiger partial charge on any atom is -0.368 e. The van der Waals surface area contributed by atoms with Gasteiger partial charge in [-0.2, -0.15) is 0 Å². The number of likely N-dealkylation sites (tertiary alicyclic amines) is 1. The highest BCUT2D eigenvalue weighted by Crippen LogP contribution is 2.40. The molecule has 2 aromatic heterocycles. The normalized spacial score (nSPS) is 17.4. The van der Waals surface area contributed by atoms with Crippen molar-refractivity contribution < 1.29 is 9.53 Å². The Balaban J connectivity index is 1.41. The van der Waals surface area contributed by atoms with Gasteiger partial charge < -0.3 is 9.64 Å². The zero-order chi connectivity index (χ0) is 21.4. The lowest BCUT2D eigenvalue weighted by Gasteiger charge is -2.44. The van der Waals surface area contributed by atoms with E-state index in [0.717, 1.165) is 41.9 Å². The van der Waals surface area contributed by atoms with Crippen LogP contribution in [0.1, 0.15) is 46.1 Å². The third-order valence-corrected chi connectivity index (χ3v) is 6.21. The Bertz CT molecular complexity index is 1120. The summed E-state index contributed by atoms with van der Waals surface area (Å²) in [5.41, 5.74) is 3.87. The fourth-order valence-corrected chi connectivity index (χ4v) is 4.56. The van der Waals surface area contributed by atoms with E-state index in [0.29, 0.717) is 36.8 Å². The Kier molecular flexibility index (Phi) is 4.98. The predicted octanol–water partition coefficient (Wildman–Crippen LogP) is 3.25. The summed E-state index contributed by atoms with van der Waals surface area (Å²) >= 11 is 0. The fourth-order valence-electron chi connectivity index (χ4n) is 4.56. The van der Waals surface area contributed by atoms with Gasteiger partial charge in [0, 0.05) is 31.0 Å². The first kappa shape index (κ1) is 19.8. The van der Waals surface area contributed by atoms with Crippen LogP contribution in [0.25, 0.3) is 11.3 Å². The number of carbonyl (C=O) groups excluding carboxylic acids is 1. The van der Waals surface area contributed by atoms with Crippen LogP contribution < -0.4 is 0 Å². The average Bonchev–Trinajstić information content (AvgIpc) is 2.80. The molecule has 4 heterocycles. The second-order valence-electron chi connectivity index (χ2n) is 8.22. The summed E-state index contributed by atoms with van der Waals surface area (Å²) in [5.74, 6) is 1.37. The summed E-state index contributed by atoms with van der Waals surface area (Å²) in [7, 11) is 0. The lowest BCUT2D eigenvalue weighted by Crippen LogP contribution is -2.49. The second-order valence-corrected chi connectivity index (χ2v) is 8.22. The molecular formula is C24H25N5O2. The van der Waals surface area contributed by atoms with Gasteiger partial charge in [-0.1, -0.05) is 30.3 Å². The summed E-state index contributed by atoms with van der Waals surface area (Å²) < 4.78 is 6.28. The van der Waals surface area contributed by atoms with Crippen LogP contribution in [0, 0.1) is 13.8 Å². The number of nitrogens with zero attached hydrogens (tertiary/aromatic N) is 5. The molecule has 0 unspecified atom stereocenters. The number of hydrogen-bond acceptors (Lipinski definition) is 6. The quantitative estimate of drug-likeness (QED) is 0.639. The standard InChI is InChI=1S/C24H25N5O2/c1-16-26-15-20(21(27-16)18-6-4-3-5-7-18)23(30)29-11-9-24(10-12-29)22-19(8-13-31-24)14-25-17(2)28-22/h3-7,14-15H,8-13H2,1-2H3. The second kappa shape index (κ2) is 7.81. The van der Waals surface area contributed by atoms with E-state index in [9.17, 15) is 4.79 Å². The van der Waals surface area contributed by atoms with Crippen molar-refractivity contribution in [3.05, 3.63) is 71.2 Å². The van der Waals surface area contributed by atoms with Crippen LogP contribution in [0.4, 0.5) is 0 Å². The molecule has 2 aliphatic rings. The first-order valence-corrected chi connectivity index (χ1v) is 10.7. The van der Waals surface area contributed by atoms with Gasteiger partial charge in [-0.25, -0.2) is 19.9 Å². The first-order chi connectivity index (χ1) is 15.1. The molecular weight excluding hydrogens is 390 g/mol. The highest BCUT2D eigenvalue weighted by molar-refractivity contribution is 5.99. The molecule has 7 heteroatoms. The van der Waals surface area contributed by atoms with Crippen molar-refractivity contribution in [1.82, 2.24) is 24.8 Å². The van der Waals surface area contributed by atoms with Crippen LogP contribution in [0.5, 0.6) is 0 Å². The molecule has 0 saturated carbocycles. The molecule has 158 valence electrons. The number of benzene rings is 1. The van der Waals surface area contributed by atoms with E-state index in [4.69, 9.17) is 9.72 Å². The largest absolute Gasteiger partial charge is 0.368 e. The third kappa shape index (κ3) is 3.59. The Morgan fingerprint density at radius 2 is 1.71 bits per heavy atom. The summed E-state index contributed by atoms with van der Waals surface area (Å²) in [5, 5.41) is 0. The van der Waals surface area contributed by atoms with E-state index in [1.54, 1.807) is 6.20 Å². The molecule has 1 amide bonds. The third-order valence-electron chi connectivity index (χ3n) is 6.21. The van der Waals surface area contributed by atoms with E-state index in [-0.39, 0.29) is 5.91 Å². The summed E-state index contributed by atoms with van der Waals surface area (Å²) in [4.78, 5) is 33.3. The summed E-state index contributed by atoms with van der Waals surface area (Å²) in [6.45, 7) is 5.61. The van der Waals surface area contributed by atoms with Crippen molar-refractivity contribution in [2.45, 2.75) is 38.7 Å². The lowest BCUT2D eigenvalue weighted by molar-refractivity contribution is -0.0968.